The summed E-state index contributed by atoms with van der Waals surface area (Å²) in [5, 5.41) is 2.90. The zero-order valence-electron chi connectivity index (χ0n) is 9.21. The molecule has 3 nitrogen and oxygen atoms in total. The van der Waals surface area contributed by atoms with Gasteiger partial charge in [-0.05, 0) is 32.1 Å². The van der Waals surface area contributed by atoms with Crippen LogP contribution < -0.4 is 5.32 Å². The van der Waals surface area contributed by atoms with E-state index in [4.69, 9.17) is 4.74 Å². The summed E-state index contributed by atoms with van der Waals surface area (Å²) >= 11 is 0. The van der Waals surface area contributed by atoms with Gasteiger partial charge < -0.3 is 10.1 Å². The van der Waals surface area contributed by atoms with E-state index < -0.39 is 0 Å². The molecule has 0 aromatic carbocycles. The third-order valence-corrected chi connectivity index (χ3v) is 2.64. The molecule has 0 saturated heterocycles. The van der Waals surface area contributed by atoms with Crippen molar-refractivity contribution in [3.8, 4) is 0 Å². The topological polar surface area (TPSA) is 38.3 Å². The Kier molecular flexibility index (Phi) is 4.94. The van der Waals surface area contributed by atoms with Gasteiger partial charge in [0.05, 0.1) is 6.10 Å². The van der Waals surface area contributed by atoms with Crippen LogP contribution in [-0.2, 0) is 9.53 Å². The van der Waals surface area contributed by atoms with Gasteiger partial charge in [0.2, 0.25) is 5.91 Å². The van der Waals surface area contributed by atoms with Crippen LogP contribution in [0.15, 0.2) is 0 Å². The molecule has 1 aliphatic rings. The predicted octanol–water partition coefficient (Wildman–Crippen LogP) is 1.72. The van der Waals surface area contributed by atoms with Gasteiger partial charge in [0.1, 0.15) is 0 Å². The highest BCUT2D eigenvalue weighted by molar-refractivity contribution is 5.76. The van der Waals surface area contributed by atoms with Crippen LogP contribution in [-0.4, -0.2) is 25.2 Å². The highest BCUT2D eigenvalue weighted by Crippen LogP contribution is 2.32. The molecule has 3 heteroatoms. The summed E-state index contributed by atoms with van der Waals surface area (Å²) in [5.41, 5.74) is 0. The van der Waals surface area contributed by atoms with Crippen LogP contribution >= 0.6 is 0 Å². The Morgan fingerprint density at radius 2 is 2.14 bits per heavy atom. The largest absolute Gasteiger partial charge is 0.378 e. The Morgan fingerprint density at radius 3 is 2.71 bits per heavy atom. The Bertz CT molecular complexity index is 176. The summed E-state index contributed by atoms with van der Waals surface area (Å²) in [6, 6.07) is 0. The van der Waals surface area contributed by atoms with Crippen LogP contribution in [0.1, 0.15) is 39.5 Å². The van der Waals surface area contributed by atoms with E-state index in [2.05, 4.69) is 12.2 Å². The van der Waals surface area contributed by atoms with Crippen molar-refractivity contribution < 1.29 is 9.53 Å². The van der Waals surface area contributed by atoms with E-state index in [1.54, 1.807) is 0 Å². The van der Waals surface area contributed by atoms with Gasteiger partial charge in [0.25, 0.3) is 0 Å². The van der Waals surface area contributed by atoms with Gasteiger partial charge in [-0.1, -0.05) is 6.92 Å². The third-order valence-electron chi connectivity index (χ3n) is 2.64. The molecule has 0 heterocycles. The molecule has 1 N–H and O–H groups in total. The first-order valence-electron chi connectivity index (χ1n) is 5.64. The molecule has 0 spiro atoms. The molecule has 0 aliphatic heterocycles. The summed E-state index contributed by atoms with van der Waals surface area (Å²) in [5.74, 6) is 0.759. The SMILES string of the molecule is CCCNC(=O)CC1CC(OCC)C1. The standard InChI is InChI=1S/C11H21NO2/c1-3-5-12-11(13)8-9-6-10(7-9)14-4-2/h9-10H,3-8H2,1-2H3,(H,12,13). The molecule has 0 aromatic rings. The fourth-order valence-corrected chi connectivity index (χ4v) is 1.81. The highest BCUT2D eigenvalue weighted by atomic mass is 16.5. The van der Waals surface area contributed by atoms with Gasteiger partial charge >= 0.3 is 0 Å². The van der Waals surface area contributed by atoms with Gasteiger partial charge in [-0.2, -0.15) is 0 Å². The van der Waals surface area contributed by atoms with E-state index in [9.17, 15) is 4.79 Å². The summed E-state index contributed by atoms with van der Waals surface area (Å²) in [6.45, 7) is 5.68. The molecular weight excluding hydrogens is 178 g/mol. The first kappa shape index (κ1) is 11.5. The molecule has 1 fully saturated rings. The molecule has 1 aliphatic carbocycles. The van der Waals surface area contributed by atoms with Gasteiger partial charge in [-0.15, -0.1) is 0 Å². The maximum Gasteiger partial charge on any atom is 0.220 e. The Hall–Kier alpha value is -0.570. The number of nitrogens with one attached hydrogen (secondary N) is 1. The van der Waals surface area contributed by atoms with E-state index >= 15 is 0 Å². The van der Waals surface area contributed by atoms with E-state index in [-0.39, 0.29) is 5.91 Å². The van der Waals surface area contributed by atoms with Crippen LogP contribution in [0.3, 0.4) is 0 Å². The van der Waals surface area contributed by atoms with Crippen LogP contribution in [0.25, 0.3) is 0 Å². The minimum absolute atomic E-state index is 0.201. The lowest BCUT2D eigenvalue weighted by Crippen LogP contribution is -2.35. The van der Waals surface area contributed by atoms with Gasteiger partial charge in [-0.3, -0.25) is 4.79 Å². The lowest BCUT2D eigenvalue weighted by atomic mass is 9.80. The Labute approximate surface area is 86.2 Å². The van der Waals surface area contributed by atoms with Crippen LogP contribution in [0.4, 0.5) is 0 Å². The van der Waals surface area contributed by atoms with Crippen molar-refractivity contribution in [3.63, 3.8) is 0 Å². The summed E-state index contributed by atoms with van der Waals surface area (Å²) in [7, 11) is 0. The molecule has 0 unspecified atom stereocenters. The number of hydrogen-bond acceptors (Lipinski definition) is 2. The molecule has 0 bridgehead atoms. The molecule has 0 aromatic heterocycles. The number of rotatable bonds is 6. The summed E-state index contributed by atoms with van der Waals surface area (Å²) < 4.78 is 5.44. The van der Waals surface area contributed by atoms with Gasteiger partial charge in [0.15, 0.2) is 0 Å². The second kappa shape index (κ2) is 6.02. The van der Waals surface area contributed by atoms with Crippen LogP contribution in [0.2, 0.25) is 0 Å². The van der Waals surface area contributed by atoms with Gasteiger partial charge in [-0.25, -0.2) is 0 Å². The van der Waals surface area contributed by atoms with Crippen molar-refractivity contribution in [3.05, 3.63) is 0 Å². The number of carbonyl (C=O) groups is 1. The van der Waals surface area contributed by atoms with Crippen molar-refractivity contribution >= 4 is 5.91 Å². The molecule has 0 radical (unpaired) electrons. The Morgan fingerprint density at radius 1 is 1.43 bits per heavy atom. The number of ether oxygens (including phenoxy) is 1. The smallest absolute Gasteiger partial charge is 0.220 e. The molecule has 1 amide bonds. The molecule has 1 saturated carbocycles. The zero-order chi connectivity index (χ0) is 10.4. The average Bonchev–Trinajstić information content (AvgIpc) is 2.11. The quantitative estimate of drug-likeness (QED) is 0.707. The van der Waals surface area contributed by atoms with Crippen molar-refractivity contribution in [1.29, 1.82) is 0 Å². The second-order valence-electron chi connectivity index (χ2n) is 3.97. The first-order chi connectivity index (χ1) is 6.76. The second-order valence-corrected chi connectivity index (χ2v) is 3.97. The number of hydrogen-bond donors (Lipinski definition) is 1. The maximum atomic E-state index is 11.3. The van der Waals surface area contributed by atoms with Crippen molar-refractivity contribution in [2.75, 3.05) is 13.2 Å². The van der Waals surface area contributed by atoms with E-state index in [0.29, 0.717) is 18.4 Å². The fourth-order valence-electron chi connectivity index (χ4n) is 1.81. The lowest BCUT2D eigenvalue weighted by Gasteiger charge is -2.34. The van der Waals surface area contributed by atoms with Crippen molar-refractivity contribution in [1.82, 2.24) is 5.32 Å². The van der Waals surface area contributed by atoms with Crippen LogP contribution in [0.5, 0.6) is 0 Å². The van der Waals surface area contributed by atoms with E-state index in [1.165, 1.54) is 0 Å². The summed E-state index contributed by atoms with van der Waals surface area (Å²) in [4.78, 5) is 11.3. The van der Waals surface area contributed by atoms with Gasteiger partial charge in [0, 0.05) is 19.6 Å². The minimum atomic E-state index is 0.201. The number of amides is 1. The lowest BCUT2D eigenvalue weighted by molar-refractivity contribution is -0.124. The monoisotopic (exact) mass is 199 g/mol. The average molecular weight is 199 g/mol. The fraction of sp³-hybridized carbons (Fsp3) is 0.909. The normalized spacial score (nSPS) is 25.6. The van der Waals surface area contributed by atoms with Crippen LogP contribution in [0, 0.1) is 5.92 Å². The molecule has 0 atom stereocenters. The van der Waals surface area contributed by atoms with E-state index in [1.807, 2.05) is 6.92 Å². The highest BCUT2D eigenvalue weighted by Gasteiger charge is 2.30. The molecule has 1 rings (SSSR count). The molecule has 14 heavy (non-hydrogen) atoms. The predicted molar refractivity (Wildman–Crippen MR) is 56.1 cm³/mol. The zero-order valence-corrected chi connectivity index (χ0v) is 9.21. The van der Waals surface area contributed by atoms with E-state index in [0.717, 1.165) is 32.4 Å². The third kappa shape index (κ3) is 3.66. The van der Waals surface area contributed by atoms with Crippen molar-refractivity contribution in [2.24, 2.45) is 5.92 Å². The molecular formula is C11H21NO2. The molecule has 82 valence electrons. The number of carbonyl (C=O) groups excluding carboxylic acids is 1. The van der Waals surface area contributed by atoms with Crippen molar-refractivity contribution in [2.45, 2.75) is 45.6 Å². The summed E-state index contributed by atoms with van der Waals surface area (Å²) in [6.07, 6.45) is 4.24. The minimum Gasteiger partial charge on any atom is -0.378 e. The first-order valence-corrected chi connectivity index (χ1v) is 5.64. The Balaban J connectivity index is 2.01. The maximum absolute atomic E-state index is 11.3.